The van der Waals surface area contributed by atoms with Crippen LogP contribution in [0.15, 0.2) is 71.1 Å². The summed E-state index contributed by atoms with van der Waals surface area (Å²) < 4.78 is 19.3. The summed E-state index contributed by atoms with van der Waals surface area (Å²) in [4.78, 5) is 26.7. The maximum absolute atomic E-state index is 13.7. The Bertz CT molecular complexity index is 1160. The average molecular weight is 500 g/mol. The number of ether oxygens (including phenoxy) is 1. The van der Waals surface area contributed by atoms with Crippen molar-refractivity contribution >= 4 is 35.1 Å². The number of hydrogen-bond acceptors (Lipinski definition) is 5. The van der Waals surface area contributed by atoms with Crippen molar-refractivity contribution in [2.24, 2.45) is 0 Å². The van der Waals surface area contributed by atoms with Gasteiger partial charge in [-0.25, -0.2) is 9.18 Å². The van der Waals surface area contributed by atoms with Crippen molar-refractivity contribution in [2.75, 3.05) is 18.1 Å². The van der Waals surface area contributed by atoms with Crippen molar-refractivity contribution in [2.45, 2.75) is 38.5 Å². The molecule has 1 aliphatic carbocycles. The molecule has 4 nitrogen and oxygen atoms in total. The zero-order chi connectivity index (χ0) is 24.2. The Balaban J connectivity index is 1.72. The van der Waals surface area contributed by atoms with Gasteiger partial charge < -0.3 is 10.1 Å². The van der Waals surface area contributed by atoms with E-state index in [0.29, 0.717) is 46.2 Å². The Morgan fingerprint density at radius 3 is 2.62 bits per heavy atom. The fourth-order valence-corrected chi connectivity index (χ4v) is 5.52. The molecule has 0 spiro atoms. The second-order valence-electron chi connectivity index (χ2n) is 8.42. The predicted octanol–water partition coefficient (Wildman–Crippen LogP) is 6.14. The first-order chi connectivity index (χ1) is 16.4. The summed E-state index contributed by atoms with van der Waals surface area (Å²) in [5.41, 5.74) is 4.00. The first-order valence-corrected chi connectivity index (χ1v) is 12.9. The molecule has 178 valence electrons. The van der Waals surface area contributed by atoms with Gasteiger partial charge in [-0.2, -0.15) is 11.8 Å². The first-order valence-electron chi connectivity index (χ1n) is 11.4. The van der Waals surface area contributed by atoms with E-state index < -0.39 is 11.9 Å². The monoisotopic (exact) mass is 499 g/mol. The third kappa shape index (κ3) is 5.08. The van der Waals surface area contributed by atoms with E-state index in [9.17, 15) is 14.0 Å². The Labute approximate surface area is 208 Å². The molecule has 0 aromatic heterocycles. The van der Waals surface area contributed by atoms with Crippen LogP contribution in [-0.2, 0) is 14.3 Å². The van der Waals surface area contributed by atoms with Gasteiger partial charge in [0.1, 0.15) is 12.4 Å². The molecular formula is C27H27ClFNO3S. The lowest BCUT2D eigenvalue weighted by atomic mass is 9.71. The summed E-state index contributed by atoms with van der Waals surface area (Å²) >= 11 is 8.12. The van der Waals surface area contributed by atoms with E-state index in [1.165, 1.54) is 12.1 Å². The number of halogens is 2. The first kappa shape index (κ1) is 24.6. The molecule has 0 bridgehead atoms. The number of rotatable bonds is 7. The molecule has 1 aliphatic heterocycles. The van der Waals surface area contributed by atoms with Crippen molar-refractivity contribution in [1.29, 1.82) is 0 Å². The highest BCUT2D eigenvalue weighted by Gasteiger charge is 2.41. The Morgan fingerprint density at radius 2 is 1.91 bits per heavy atom. The normalized spacial score (nSPS) is 20.2. The third-order valence-electron chi connectivity index (χ3n) is 6.26. The van der Waals surface area contributed by atoms with Gasteiger partial charge in [0.25, 0.3) is 0 Å². The van der Waals surface area contributed by atoms with E-state index in [2.05, 4.69) is 5.32 Å². The number of dihydropyridines is 1. The molecule has 0 saturated heterocycles. The molecular weight excluding hydrogens is 473 g/mol. The van der Waals surface area contributed by atoms with E-state index in [-0.39, 0.29) is 23.9 Å². The number of esters is 1. The lowest BCUT2D eigenvalue weighted by molar-refractivity contribution is -0.138. The molecule has 0 radical (unpaired) electrons. The van der Waals surface area contributed by atoms with Crippen LogP contribution in [0.2, 0.25) is 5.02 Å². The molecule has 1 heterocycles. The van der Waals surface area contributed by atoms with Crippen LogP contribution in [0.3, 0.4) is 0 Å². The lowest BCUT2D eigenvalue weighted by Gasteiger charge is -2.37. The number of ketones is 1. The van der Waals surface area contributed by atoms with Gasteiger partial charge in [0, 0.05) is 40.1 Å². The van der Waals surface area contributed by atoms with Crippen molar-refractivity contribution < 1.29 is 18.7 Å². The molecule has 34 heavy (non-hydrogen) atoms. The molecule has 0 saturated carbocycles. The van der Waals surface area contributed by atoms with Gasteiger partial charge in [0.2, 0.25) is 0 Å². The van der Waals surface area contributed by atoms with Gasteiger partial charge in [-0.15, -0.1) is 0 Å². The third-order valence-corrected chi connectivity index (χ3v) is 7.47. The van der Waals surface area contributed by atoms with E-state index in [1.54, 1.807) is 23.9 Å². The molecule has 0 fully saturated rings. The molecule has 4 rings (SSSR count). The van der Waals surface area contributed by atoms with Crippen LogP contribution in [0.1, 0.15) is 49.7 Å². The van der Waals surface area contributed by atoms with Crippen LogP contribution in [0.25, 0.3) is 0 Å². The largest absolute Gasteiger partial charge is 0.461 e. The van der Waals surface area contributed by atoms with Crippen LogP contribution in [0.4, 0.5) is 4.39 Å². The zero-order valence-corrected chi connectivity index (χ0v) is 20.8. The fourth-order valence-electron chi connectivity index (χ4n) is 4.74. The molecule has 0 amide bonds. The van der Waals surface area contributed by atoms with Gasteiger partial charge in [0.15, 0.2) is 5.78 Å². The highest BCUT2D eigenvalue weighted by molar-refractivity contribution is 7.99. The highest BCUT2D eigenvalue weighted by atomic mass is 35.5. The molecule has 0 unspecified atom stereocenters. The fraction of sp³-hybridized carbons (Fsp3) is 0.333. The van der Waals surface area contributed by atoms with Gasteiger partial charge in [0.05, 0.1) is 5.57 Å². The summed E-state index contributed by atoms with van der Waals surface area (Å²) in [5.74, 6) is 0.0981. The van der Waals surface area contributed by atoms with Crippen LogP contribution < -0.4 is 5.32 Å². The number of thioether (sulfide) groups is 1. The molecule has 1 N–H and O–H groups in total. The number of nitrogens with one attached hydrogen (secondary N) is 1. The number of carbonyl (C=O) groups excluding carboxylic acids is 2. The van der Waals surface area contributed by atoms with Crippen LogP contribution in [0, 0.1) is 5.82 Å². The van der Waals surface area contributed by atoms with E-state index >= 15 is 0 Å². The van der Waals surface area contributed by atoms with E-state index in [0.717, 1.165) is 17.0 Å². The molecule has 2 aromatic carbocycles. The topological polar surface area (TPSA) is 55.4 Å². The smallest absolute Gasteiger partial charge is 0.336 e. The number of hydrogen-bond donors (Lipinski definition) is 1. The Morgan fingerprint density at radius 1 is 1.18 bits per heavy atom. The summed E-state index contributed by atoms with van der Waals surface area (Å²) in [6.45, 7) is 4.16. The Kier molecular flexibility index (Phi) is 7.79. The quantitative estimate of drug-likeness (QED) is 0.366. The van der Waals surface area contributed by atoms with Crippen LogP contribution in [0.5, 0.6) is 0 Å². The van der Waals surface area contributed by atoms with Crippen molar-refractivity contribution in [1.82, 2.24) is 5.32 Å². The number of benzene rings is 2. The van der Waals surface area contributed by atoms with Gasteiger partial charge in [-0.1, -0.05) is 48.9 Å². The van der Waals surface area contributed by atoms with Gasteiger partial charge in [-0.3, -0.25) is 4.79 Å². The molecule has 2 atom stereocenters. The average Bonchev–Trinajstić information content (AvgIpc) is 2.81. The molecule has 7 heteroatoms. The second kappa shape index (κ2) is 10.8. The van der Waals surface area contributed by atoms with Crippen LogP contribution in [-0.4, -0.2) is 29.9 Å². The summed E-state index contributed by atoms with van der Waals surface area (Å²) in [6.07, 6.45) is 0.881. The summed E-state index contributed by atoms with van der Waals surface area (Å²) in [6, 6.07) is 13.5. The van der Waals surface area contributed by atoms with Gasteiger partial charge >= 0.3 is 5.97 Å². The Hall–Kier alpha value is -2.57. The minimum absolute atomic E-state index is 0.0488. The highest BCUT2D eigenvalue weighted by Crippen LogP contribution is 2.46. The SMILES string of the molecule is CCSCCOC(=O)C1=C(C)NC2=C(C(=O)C[C@@H](c3ccccc3Cl)C2)[C@H]1c1ccc(F)cc1. The molecule has 2 aromatic rings. The molecule has 2 aliphatic rings. The van der Waals surface area contributed by atoms with E-state index in [1.807, 2.05) is 38.1 Å². The minimum atomic E-state index is -0.608. The summed E-state index contributed by atoms with van der Waals surface area (Å²) in [5, 5.41) is 3.96. The standard InChI is InChI=1S/C27H27ClFNO3S/c1-3-34-13-12-33-27(32)24-16(2)30-22-14-18(20-6-4-5-7-21(20)28)15-23(31)26(22)25(24)17-8-10-19(29)11-9-17/h4-11,18,25,30H,3,12-15H2,1-2H3/t18-,25-/m0/s1. The van der Waals surface area contributed by atoms with Crippen molar-refractivity contribution in [3.8, 4) is 0 Å². The maximum Gasteiger partial charge on any atom is 0.336 e. The number of carbonyl (C=O) groups is 2. The zero-order valence-electron chi connectivity index (χ0n) is 19.2. The van der Waals surface area contributed by atoms with E-state index in [4.69, 9.17) is 16.3 Å². The number of allylic oxidation sites excluding steroid dienone is 3. The predicted molar refractivity (Wildman–Crippen MR) is 134 cm³/mol. The van der Waals surface area contributed by atoms with Gasteiger partial charge in [-0.05, 0) is 54.3 Å². The van der Waals surface area contributed by atoms with Crippen LogP contribution >= 0.6 is 23.4 Å². The second-order valence-corrected chi connectivity index (χ2v) is 10.2. The van der Waals surface area contributed by atoms with Crippen molar-refractivity contribution in [3.05, 3.63) is 93.0 Å². The summed E-state index contributed by atoms with van der Waals surface area (Å²) in [7, 11) is 0. The lowest BCUT2D eigenvalue weighted by Crippen LogP contribution is -2.36. The van der Waals surface area contributed by atoms with Crippen molar-refractivity contribution in [3.63, 3.8) is 0 Å². The number of Topliss-reactive ketones (excluding diaryl/α,β-unsaturated/α-hetero) is 1. The minimum Gasteiger partial charge on any atom is -0.461 e. The maximum atomic E-state index is 13.7.